The minimum Gasteiger partial charge on any atom is -0.346 e. The number of rotatable bonds is 6. The van der Waals surface area contributed by atoms with Crippen molar-refractivity contribution in [2.75, 3.05) is 0 Å². The summed E-state index contributed by atoms with van der Waals surface area (Å²) in [4.78, 5) is 17.4. The summed E-state index contributed by atoms with van der Waals surface area (Å²) in [5.74, 6) is 0.365. The van der Waals surface area contributed by atoms with Gasteiger partial charge < -0.3 is 9.84 Å². The number of aromatic nitrogens is 2. The van der Waals surface area contributed by atoms with Crippen molar-refractivity contribution in [1.82, 2.24) is 15.5 Å². The van der Waals surface area contributed by atoms with Crippen LogP contribution in [0.15, 0.2) is 89.5 Å². The molecule has 0 aliphatic rings. The van der Waals surface area contributed by atoms with E-state index in [9.17, 15) is 4.79 Å². The first-order valence-electron chi connectivity index (χ1n) is 9.48. The molecule has 0 bridgehead atoms. The van der Waals surface area contributed by atoms with Crippen molar-refractivity contribution in [3.05, 3.63) is 108 Å². The summed E-state index contributed by atoms with van der Waals surface area (Å²) in [5, 5.41) is 6.97. The monoisotopic (exact) mass is 383 g/mol. The second-order valence-corrected chi connectivity index (χ2v) is 6.85. The minimum absolute atomic E-state index is 0.113. The quantitative estimate of drug-likeness (QED) is 0.533. The number of benzene rings is 3. The van der Waals surface area contributed by atoms with Crippen molar-refractivity contribution in [3.63, 3.8) is 0 Å². The minimum atomic E-state index is -0.406. The van der Waals surface area contributed by atoms with Crippen LogP contribution in [0.5, 0.6) is 0 Å². The van der Waals surface area contributed by atoms with Gasteiger partial charge in [0.15, 0.2) is 0 Å². The zero-order chi connectivity index (χ0) is 20.1. The lowest BCUT2D eigenvalue weighted by Gasteiger charge is -2.17. The molecule has 0 atom stereocenters. The Morgan fingerprint density at radius 2 is 1.59 bits per heavy atom. The van der Waals surface area contributed by atoms with E-state index < -0.39 is 5.92 Å². The van der Waals surface area contributed by atoms with E-state index in [-0.39, 0.29) is 12.5 Å². The first kappa shape index (κ1) is 18.6. The highest BCUT2D eigenvalue weighted by Gasteiger charge is 2.23. The van der Waals surface area contributed by atoms with E-state index in [2.05, 4.69) is 15.5 Å². The lowest BCUT2D eigenvalue weighted by molar-refractivity contribution is -0.122. The summed E-state index contributed by atoms with van der Waals surface area (Å²) in [6, 6.07) is 27.3. The molecule has 0 unspecified atom stereocenters. The fraction of sp³-hybridized carbons (Fsp3) is 0.125. The lowest BCUT2D eigenvalue weighted by Crippen LogP contribution is -2.29. The van der Waals surface area contributed by atoms with E-state index in [1.807, 2.05) is 91.9 Å². The van der Waals surface area contributed by atoms with Crippen molar-refractivity contribution in [1.29, 1.82) is 0 Å². The molecule has 4 aromatic rings. The van der Waals surface area contributed by atoms with Gasteiger partial charge in [-0.25, -0.2) is 0 Å². The van der Waals surface area contributed by atoms with Crippen LogP contribution in [0.25, 0.3) is 11.4 Å². The fourth-order valence-corrected chi connectivity index (χ4v) is 3.28. The van der Waals surface area contributed by atoms with Gasteiger partial charge >= 0.3 is 0 Å². The van der Waals surface area contributed by atoms with Gasteiger partial charge in [0.05, 0.1) is 12.5 Å². The first-order chi connectivity index (χ1) is 14.2. The number of nitrogens with one attached hydrogen (secondary N) is 1. The van der Waals surface area contributed by atoms with Gasteiger partial charge in [-0.1, -0.05) is 89.6 Å². The summed E-state index contributed by atoms with van der Waals surface area (Å²) in [7, 11) is 0. The van der Waals surface area contributed by atoms with Crippen molar-refractivity contribution < 1.29 is 9.32 Å². The summed E-state index contributed by atoms with van der Waals surface area (Å²) < 4.78 is 5.32. The summed E-state index contributed by atoms with van der Waals surface area (Å²) in [6.45, 7) is 2.19. The number of aryl methyl sites for hydroxylation is 1. The van der Waals surface area contributed by atoms with Crippen LogP contribution in [-0.2, 0) is 11.3 Å². The Morgan fingerprint density at radius 1 is 0.931 bits per heavy atom. The van der Waals surface area contributed by atoms with Gasteiger partial charge in [0.25, 0.3) is 0 Å². The summed E-state index contributed by atoms with van der Waals surface area (Å²) >= 11 is 0. The Bertz CT molecular complexity index is 1050. The molecular formula is C24H21N3O2. The number of amides is 1. The Balaban J connectivity index is 1.50. The highest BCUT2D eigenvalue weighted by molar-refractivity contribution is 5.87. The van der Waals surface area contributed by atoms with Gasteiger partial charge in [0.1, 0.15) is 0 Å². The summed E-state index contributed by atoms with van der Waals surface area (Å²) in [5.41, 5.74) is 3.87. The fourth-order valence-electron chi connectivity index (χ4n) is 3.28. The standard InChI is InChI=1S/C24H21N3O2/c1-17-9-8-14-20(15-17)23-26-21(29-27-23)16-25-24(28)22(18-10-4-2-5-11-18)19-12-6-3-7-13-19/h2-15,22H,16H2,1H3,(H,25,28). The van der Waals surface area contributed by atoms with E-state index in [0.717, 1.165) is 22.3 Å². The van der Waals surface area contributed by atoms with E-state index in [1.165, 1.54) is 0 Å². The number of hydrogen-bond acceptors (Lipinski definition) is 4. The molecule has 5 nitrogen and oxygen atoms in total. The summed E-state index contributed by atoms with van der Waals surface area (Å²) in [6.07, 6.45) is 0. The van der Waals surface area contributed by atoms with Crippen molar-refractivity contribution in [2.45, 2.75) is 19.4 Å². The zero-order valence-electron chi connectivity index (χ0n) is 16.1. The van der Waals surface area contributed by atoms with E-state index in [4.69, 9.17) is 4.52 Å². The van der Waals surface area contributed by atoms with E-state index in [0.29, 0.717) is 11.7 Å². The van der Waals surface area contributed by atoms with Gasteiger partial charge in [0, 0.05) is 5.56 Å². The average Bonchev–Trinajstić information content (AvgIpc) is 3.23. The second kappa shape index (κ2) is 8.52. The number of carbonyl (C=O) groups is 1. The molecule has 0 saturated heterocycles. The molecule has 0 fully saturated rings. The van der Waals surface area contributed by atoms with Crippen LogP contribution < -0.4 is 5.32 Å². The molecule has 0 spiro atoms. The molecule has 5 heteroatoms. The van der Waals surface area contributed by atoms with Crippen LogP contribution >= 0.6 is 0 Å². The third-order valence-electron chi connectivity index (χ3n) is 4.69. The maximum Gasteiger partial charge on any atom is 0.246 e. The zero-order valence-corrected chi connectivity index (χ0v) is 16.1. The largest absolute Gasteiger partial charge is 0.346 e. The normalized spacial score (nSPS) is 10.8. The van der Waals surface area contributed by atoms with E-state index >= 15 is 0 Å². The third-order valence-corrected chi connectivity index (χ3v) is 4.69. The molecule has 29 heavy (non-hydrogen) atoms. The van der Waals surface area contributed by atoms with Crippen LogP contribution in [-0.4, -0.2) is 16.0 Å². The van der Waals surface area contributed by atoms with Gasteiger partial charge in [0.2, 0.25) is 17.6 Å². The Hall–Kier alpha value is -3.73. The highest BCUT2D eigenvalue weighted by Crippen LogP contribution is 2.25. The molecule has 0 radical (unpaired) electrons. The van der Waals surface area contributed by atoms with Crippen molar-refractivity contribution in [3.8, 4) is 11.4 Å². The van der Waals surface area contributed by atoms with Crippen LogP contribution in [0.1, 0.15) is 28.5 Å². The molecule has 0 aliphatic carbocycles. The predicted molar refractivity (Wildman–Crippen MR) is 111 cm³/mol. The molecule has 0 aliphatic heterocycles. The van der Waals surface area contributed by atoms with Crippen LogP contribution in [0.2, 0.25) is 0 Å². The SMILES string of the molecule is Cc1cccc(-c2noc(CNC(=O)C(c3ccccc3)c3ccccc3)n2)c1. The predicted octanol–water partition coefficient (Wildman–Crippen LogP) is 4.49. The van der Waals surface area contributed by atoms with Gasteiger partial charge in [-0.15, -0.1) is 0 Å². The molecule has 0 saturated carbocycles. The topological polar surface area (TPSA) is 68.0 Å². The maximum atomic E-state index is 13.0. The highest BCUT2D eigenvalue weighted by atomic mass is 16.5. The van der Waals surface area contributed by atoms with E-state index in [1.54, 1.807) is 0 Å². The van der Waals surface area contributed by atoms with Crippen LogP contribution in [0, 0.1) is 6.92 Å². The number of nitrogens with zero attached hydrogens (tertiary/aromatic N) is 2. The molecule has 1 N–H and O–H groups in total. The van der Waals surface area contributed by atoms with Gasteiger partial charge in [-0.2, -0.15) is 4.98 Å². The van der Waals surface area contributed by atoms with Gasteiger partial charge in [-0.3, -0.25) is 4.79 Å². The lowest BCUT2D eigenvalue weighted by atomic mass is 9.90. The van der Waals surface area contributed by atoms with Gasteiger partial charge in [-0.05, 0) is 24.1 Å². The Morgan fingerprint density at radius 3 is 2.21 bits per heavy atom. The molecule has 144 valence electrons. The third kappa shape index (κ3) is 4.41. The smallest absolute Gasteiger partial charge is 0.246 e. The van der Waals surface area contributed by atoms with Crippen molar-refractivity contribution in [2.24, 2.45) is 0 Å². The first-order valence-corrected chi connectivity index (χ1v) is 9.48. The number of hydrogen-bond donors (Lipinski definition) is 1. The Labute approximate surface area is 169 Å². The van der Waals surface area contributed by atoms with Crippen molar-refractivity contribution >= 4 is 5.91 Å². The Kier molecular flexibility index (Phi) is 5.47. The van der Waals surface area contributed by atoms with Crippen LogP contribution in [0.4, 0.5) is 0 Å². The maximum absolute atomic E-state index is 13.0. The molecular weight excluding hydrogens is 362 g/mol. The van der Waals surface area contributed by atoms with Crippen LogP contribution in [0.3, 0.4) is 0 Å². The molecule has 1 aromatic heterocycles. The molecule has 4 rings (SSSR count). The second-order valence-electron chi connectivity index (χ2n) is 6.85. The molecule has 1 amide bonds. The number of carbonyl (C=O) groups excluding carboxylic acids is 1. The molecule has 3 aromatic carbocycles. The molecule has 1 heterocycles. The average molecular weight is 383 g/mol.